The Hall–Kier alpha value is -0.530. The second-order valence-corrected chi connectivity index (χ2v) is 6.83. The van der Waals surface area contributed by atoms with Crippen LogP contribution >= 0.6 is 24.0 Å². The predicted molar refractivity (Wildman–Crippen MR) is 111 cm³/mol. The number of piperidine rings is 1. The molecule has 6 heteroatoms. The maximum atomic E-state index is 11.0. The smallest absolute Gasteiger partial charge is 0.305 e. The molecular formula is C18H36IN3O2. The van der Waals surface area contributed by atoms with Gasteiger partial charge >= 0.3 is 5.97 Å². The highest BCUT2D eigenvalue weighted by atomic mass is 127. The molecule has 142 valence electrons. The van der Waals surface area contributed by atoms with E-state index in [1.165, 1.54) is 13.5 Å². The lowest BCUT2D eigenvalue weighted by Crippen LogP contribution is -2.48. The van der Waals surface area contributed by atoms with Crippen LogP contribution in [-0.4, -0.2) is 50.1 Å². The number of carbonyl (C=O) groups is 1. The van der Waals surface area contributed by atoms with Gasteiger partial charge in [-0.2, -0.15) is 0 Å². The molecule has 24 heavy (non-hydrogen) atoms. The van der Waals surface area contributed by atoms with E-state index in [9.17, 15) is 4.79 Å². The number of methoxy groups -OCH3 is 1. The molecule has 2 unspecified atom stereocenters. The van der Waals surface area contributed by atoms with Crippen LogP contribution in [0.2, 0.25) is 0 Å². The molecule has 2 atom stereocenters. The van der Waals surface area contributed by atoms with E-state index in [1.807, 2.05) is 0 Å². The number of halogens is 1. The van der Waals surface area contributed by atoms with Gasteiger partial charge in [0.15, 0.2) is 5.96 Å². The third-order valence-electron chi connectivity index (χ3n) is 4.28. The molecule has 0 aromatic rings. The summed E-state index contributed by atoms with van der Waals surface area (Å²) in [6, 6.07) is 0. The number of esters is 1. The van der Waals surface area contributed by atoms with E-state index >= 15 is 0 Å². The molecule has 0 spiro atoms. The molecule has 0 aromatic carbocycles. The van der Waals surface area contributed by atoms with Gasteiger partial charge in [0.2, 0.25) is 0 Å². The Morgan fingerprint density at radius 1 is 1.17 bits per heavy atom. The minimum Gasteiger partial charge on any atom is -0.469 e. The van der Waals surface area contributed by atoms with E-state index in [0.29, 0.717) is 6.42 Å². The SMILES string of the molecule is CCNC(=NCCCCCCC(=O)OC)N1CC(C)CC(C)C1.I. The molecule has 5 nitrogen and oxygen atoms in total. The Balaban J connectivity index is 0.00000529. The van der Waals surface area contributed by atoms with Crippen molar-refractivity contribution in [2.45, 2.75) is 59.3 Å². The molecule has 0 saturated carbocycles. The molecule has 1 saturated heterocycles. The first-order chi connectivity index (χ1) is 11.1. The number of hydrogen-bond donors (Lipinski definition) is 1. The van der Waals surface area contributed by atoms with E-state index in [2.05, 4.69) is 35.7 Å². The molecular weight excluding hydrogens is 417 g/mol. The highest BCUT2D eigenvalue weighted by Crippen LogP contribution is 2.20. The molecule has 1 rings (SSSR count). The lowest BCUT2D eigenvalue weighted by atomic mass is 9.92. The summed E-state index contributed by atoms with van der Waals surface area (Å²) >= 11 is 0. The van der Waals surface area contributed by atoms with Crippen LogP contribution in [0.1, 0.15) is 59.3 Å². The van der Waals surface area contributed by atoms with Crippen LogP contribution in [0.5, 0.6) is 0 Å². The number of unbranched alkanes of at least 4 members (excludes halogenated alkanes) is 3. The molecule has 0 aromatic heterocycles. The topological polar surface area (TPSA) is 53.9 Å². The summed E-state index contributed by atoms with van der Waals surface area (Å²) < 4.78 is 4.65. The fraction of sp³-hybridized carbons (Fsp3) is 0.889. The van der Waals surface area contributed by atoms with Gasteiger partial charge in [-0.15, -0.1) is 24.0 Å². The summed E-state index contributed by atoms with van der Waals surface area (Å²) in [4.78, 5) is 18.2. The van der Waals surface area contributed by atoms with Gasteiger partial charge < -0.3 is 15.0 Å². The minimum atomic E-state index is -0.106. The van der Waals surface area contributed by atoms with Crippen molar-refractivity contribution in [3.63, 3.8) is 0 Å². The average molecular weight is 453 g/mol. The lowest BCUT2D eigenvalue weighted by molar-refractivity contribution is -0.140. The molecule has 1 aliphatic heterocycles. The first-order valence-corrected chi connectivity index (χ1v) is 9.16. The number of aliphatic imine (C=N–C) groups is 1. The van der Waals surface area contributed by atoms with Crippen LogP contribution in [-0.2, 0) is 9.53 Å². The Morgan fingerprint density at radius 3 is 2.38 bits per heavy atom. The van der Waals surface area contributed by atoms with Crippen LogP contribution < -0.4 is 5.32 Å². The number of rotatable bonds is 8. The van der Waals surface area contributed by atoms with Gasteiger partial charge in [0, 0.05) is 32.6 Å². The van der Waals surface area contributed by atoms with Crippen molar-refractivity contribution in [3.8, 4) is 0 Å². The number of nitrogens with one attached hydrogen (secondary N) is 1. The number of nitrogens with zero attached hydrogens (tertiary/aromatic N) is 2. The molecule has 0 bridgehead atoms. The third kappa shape index (κ3) is 9.69. The Bertz CT molecular complexity index is 367. The van der Waals surface area contributed by atoms with Crippen molar-refractivity contribution in [2.24, 2.45) is 16.8 Å². The van der Waals surface area contributed by atoms with Crippen molar-refractivity contribution in [1.29, 1.82) is 0 Å². The maximum Gasteiger partial charge on any atom is 0.305 e. The van der Waals surface area contributed by atoms with Gasteiger partial charge in [-0.3, -0.25) is 9.79 Å². The largest absolute Gasteiger partial charge is 0.469 e. The zero-order chi connectivity index (χ0) is 17.1. The van der Waals surface area contributed by atoms with Crippen LogP contribution in [0.15, 0.2) is 4.99 Å². The molecule has 1 aliphatic rings. The van der Waals surface area contributed by atoms with Crippen molar-refractivity contribution in [2.75, 3.05) is 33.3 Å². The van der Waals surface area contributed by atoms with Gasteiger partial charge in [-0.1, -0.05) is 26.7 Å². The van der Waals surface area contributed by atoms with Gasteiger partial charge in [0.05, 0.1) is 7.11 Å². The van der Waals surface area contributed by atoms with Crippen molar-refractivity contribution < 1.29 is 9.53 Å². The monoisotopic (exact) mass is 453 g/mol. The minimum absolute atomic E-state index is 0. The average Bonchev–Trinajstić information content (AvgIpc) is 2.51. The Kier molecular flexibility index (Phi) is 13.4. The number of likely N-dealkylation sites (tertiary alicyclic amines) is 1. The van der Waals surface area contributed by atoms with Crippen molar-refractivity contribution >= 4 is 35.9 Å². The van der Waals surface area contributed by atoms with E-state index in [1.54, 1.807) is 0 Å². The lowest BCUT2D eigenvalue weighted by Gasteiger charge is -2.37. The first kappa shape index (κ1) is 23.5. The fourth-order valence-corrected chi connectivity index (χ4v) is 3.28. The summed E-state index contributed by atoms with van der Waals surface area (Å²) in [7, 11) is 1.45. The molecule has 0 aliphatic carbocycles. The zero-order valence-corrected chi connectivity index (χ0v) is 18.2. The molecule has 1 heterocycles. The molecule has 1 fully saturated rings. The predicted octanol–water partition coefficient (Wildman–Crippen LogP) is 3.67. The van der Waals surface area contributed by atoms with E-state index in [0.717, 1.165) is 69.7 Å². The highest BCUT2D eigenvalue weighted by molar-refractivity contribution is 14.0. The zero-order valence-electron chi connectivity index (χ0n) is 15.8. The highest BCUT2D eigenvalue weighted by Gasteiger charge is 2.23. The van der Waals surface area contributed by atoms with Gasteiger partial charge in [-0.05, 0) is 38.0 Å². The normalized spacial score (nSPS) is 21.2. The Morgan fingerprint density at radius 2 is 1.79 bits per heavy atom. The van der Waals surface area contributed by atoms with Crippen molar-refractivity contribution in [1.82, 2.24) is 10.2 Å². The standard InChI is InChI=1S/C18H35N3O2.HI/c1-5-19-18(21-13-15(2)12-16(3)14-21)20-11-9-7-6-8-10-17(22)23-4;/h15-16H,5-14H2,1-4H3,(H,19,20);1H. The van der Waals surface area contributed by atoms with Crippen LogP contribution in [0.4, 0.5) is 0 Å². The molecule has 1 N–H and O–H groups in total. The maximum absolute atomic E-state index is 11.0. The van der Waals surface area contributed by atoms with E-state index in [4.69, 9.17) is 4.99 Å². The van der Waals surface area contributed by atoms with Crippen molar-refractivity contribution in [3.05, 3.63) is 0 Å². The second kappa shape index (κ2) is 13.7. The molecule has 0 radical (unpaired) electrons. The van der Waals surface area contributed by atoms with Crippen LogP contribution in [0.3, 0.4) is 0 Å². The summed E-state index contributed by atoms with van der Waals surface area (Å²) in [5.74, 6) is 2.44. The fourth-order valence-electron chi connectivity index (χ4n) is 3.28. The van der Waals surface area contributed by atoms with E-state index < -0.39 is 0 Å². The van der Waals surface area contributed by atoms with Gasteiger partial charge in [0.1, 0.15) is 0 Å². The summed E-state index contributed by atoms with van der Waals surface area (Å²) in [6.07, 6.45) is 6.03. The number of ether oxygens (including phenoxy) is 1. The molecule has 0 amide bonds. The first-order valence-electron chi connectivity index (χ1n) is 9.16. The second-order valence-electron chi connectivity index (χ2n) is 6.83. The van der Waals surface area contributed by atoms with Gasteiger partial charge in [-0.25, -0.2) is 0 Å². The summed E-state index contributed by atoms with van der Waals surface area (Å²) in [6.45, 7) is 10.8. The number of guanidine groups is 1. The third-order valence-corrected chi connectivity index (χ3v) is 4.28. The van der Waals surface area contributed by atoms with Crippen LogP contribution in [0.25, 0.3) is 0 Å². The number of hydrogen-bond acceptors (Lipinski definition) is 3. The van der Waals surface area contributed by atoms with Gasteiger partial charge in [0.25, 0.3) is 0 Å². The van der Waals surface area contributed by atoms with Crippen LogP contribution in [0, 0.1) is 11.8 Å². The summed E-state index contributed by atoms with van der Waals surface area (Å²) in [5.41, 5.74) is 0. The number of carbonyl (C=O) groups excluding carboxylic acids is 1. The Labute approximate surface area is 165 Å². The summed E-state index contributed by atoms with van der Waals surface area (Å²) in [5, 5.41) is 3.43. The van der Waals surface area contributed by atoms with E-state index in [-0.39, 0.29) is 29.9 Å². The quantitative estimate of drug-likeness (QED) is 0.200.